The lowest BCUT2D eigenvalue weighted by Crippen LogP contribution is -2.57. The van der Waals surface area contributed by atoms with Crippen molar-refractivity contribution in [2.45, 2.75) is 44.1 Å². The molecule has 0 bridgehead atoms. The fourth-order valence-corrected chi connectivity index (χ4v) is 3.36. The van der Waals surface area contributed by atoms with Crippen LogP contribution in [0.1, 0.15) is 38.5 Å². The van der Waals surface area contributed by atoms with Crippen molar-refractivity contribution < 1.29 is 4.79 Å². The fourth-order valence-electron chi connectivity index (χ4n) is 3.36. The van der Waals surface area contributed by atoms with E-state index in [0.29, 0.717) is 18.2 Å². The predicted molar refractivity (Wildman–Crippen MR) is 78.1 cm³/mol. The largest absolute Gasteiger partial charge is 0.344 e. The molecule has 1 aliphatic heterocycles. The molecule has 110 valence electrons. The lowest BCUT2D eigenvalue weighted by molar-refractivity contribution is -0.133. The van der Waals surface area contributed by atoms with Crippen LogP contribution in [0, 0.1) is 5.92 Å². The molecule has 4 heteroatoms. The summed E-state index contributed by atoms with van der Waals surface area (Å²) in [5.41, 5.74) is 0.245. The van der Waals surface area contributed by atoms with E-state index in [1.54, 1.807) is 0 Å². The van der Waals surface area contributed by atoms with Crippen LogP contribution in [0.2, 0.25) is 0 Å². The first-order valence-corrected chi connectivity index (χ1v) is 7.66. The summed E-state index contributed by atoms with van der Waals surface area (Å²) < 4.78 is 0. The smallest absolute Gasteiger partial charge is 0.222 e. The molecule has 0 spiro atoms. The fraction of sp³-hybridized carbons (Fsp3) is 0.933. The molecule has 1 heterocycles. The number of piperidine rings is 1. The van der Waals surface area contributed by atoms with Gasteiger partial charge in [-0.15, -0.1) is 0 Å². The molecule has 19 heavy (non-hydrogen) atoms. The maximum Gasteiger partial charge on any atom is 0.222 e. The maximum absolute atomic E-state index is 12.3. The molecule has 2 rings (SSSR count). The van der Waals surface area contributed by atoms with E-state index < -0.39 is 0 Å². The van der Waals surface area contributed by atoms with Gasteiger partial charge in [0, 0.05) is 25.6 Å². The van der Waals surface area contributed by atoms with Crippen LogP contribution in [0.5, 0.6) is 0 Å². The summed E-state index contributed by atoms with van der Waals surface area (Å²) in [4.78, 5) is 16.6. The normalized spacial score (nSPS) is 26.0. The van der Waals surface area contributed by atoms with Gasteiger partial charge in [0.25, 0.3) is 0 Å². The van der Waals surface area contributed by atoms with Crippen molar-refractivity contribution >= 4 is 5.91 Å². The van der Waals surface area contributed by atoms with Gasteiger partial charge in [0.05, 0.1) is 0 Å². The molecule has 1 amide bonds. The van der Waals surface area contributed by atoms with E-state index in [2.05, 4.69) is 24.3 Å². The van der Waals surface area contributed by atoms with Crippen LogP contribution >= 0.6 is 0 Å². The molecule has 2 fully saturated rings. The van der Waals surface area contributed by atoms with Crippen molar-refractivity contribution in [3.8, 4) is 0 Å². The number of carbonyl (C=O) groups excluding carboxylic acids is 1. The van der Waals surface area contributed by atoms with E-state index in [-0.39, 0.29) is 5.54 Å². The van der Waals surface area contributed by atoms with Gasteiger partial charge in [-0.25, -0.2) is 0 Å². The molecule has 4 nitrogen and oxygen atoms in total. The van der Waals surface area contributed by atoms with E-state index in [1.807, 2.05) is 11.9 Å². The van der Waals surface area contributed by atoms with Gasteiger partial charge in [0.15, 0.2) is 0 Å². The summed E-state index contributed by atoms with van der Waals surface area (Å²) >= 11 is 0. The first-order chi connectivity index (χ1) is 9.03. The summed E-state index contributed by atoms with van der Waals surface area (Å²) in [6.45, 7) is 3.02. The summed E-state index contributed by atoms with van der Waals surface area (Å²) in [5, 5.41) is 3.39. The van der Waals surface area contributed by atoms with Crippen LogP contribution in [0.4, 0.5) is 0 Å². The first-order valence-electron chi connectivity index (χ1n) is 7.66. The third kappa shape index (κ3) is 3.48. The number of hydrogen-bond donors (Lipinski definition) is 1. The molecule has 1 saturated carbocycles. The molecule has 1 aliphatic carbocycles. The summed E-state index contributed by atoms with van der Waals surface area (Å²) in [6, 6.07) is 0. The topological polar surface area (TPSA) is 35.6 Å². The second-order valence-electron chi connectivity index (χ2n) is 6.64. The summed E-state index contributed by atoms with van der Waals surface area (Å²) in [5.74, 6) is 0.863. The van der Waals surface area contributed by atoms with Crippen molar-refractivity contribution in [3.05, 3.63) is 0 Å². The lowest BCUT2D eigenvalue weighted by atomic mass is 9.75. The Labute approximate surface area is 117 Å². The first kappa shape index (κ1) is 14.8. The van der Waals surface area contributed by atoms with Crippen molar-refractivity contribution in [2.24, 2.45) is 5.92 Å². The van der Waals surface area contributed by atoms with Gasteiger partial charge in [-0.3, -0.25) is 4.79 Å². The van der Waals surface area contributed by atoms with E-state index in [1.165, 1.54) is 32.1 Å². The Hall–Kier alpha value is -0.610. The zero-order valence-electron chi connectivity index (χ0n) is 12.7. The number of amides is 1. The van der Waals surface area contributed by atoms with E-state index in [4.69, 9.17) is 0 Å². The zero-order valence-corrected chi connectivity index (χ0v) is 12.7. The van der Waals surface area contributed by atoms with Gasteiger partial charge in [-0.05, 0) is 65.2 Å². The summed E-state index contributed by atoms with van der Waals surface area (Å²) in [7, 11) is 6.26. The Kier molecular flexibility index (Phi) is 4.85. The number of nitrogens with zero attached hydrogens (tertiary/aromatic N) is 2. The van der Waals surface area contributed by atoms with Crippen LogP contribution in [0.25, 0.3) is 0 Å². The van der Waals surface area contributed by atoms with Gasteiger partial charge in [0.2, 0.25) is 5.91 Å². The van der Waals surface area contributed by atoms with Gasteiger partial charge < -0.3 is 15.1 Å². The number of carbonyl (C=O) groups is 1. The predicted octanol–water partition coefficient (Wildman–Crippen LogP) is 1.32. The van der Waals surface area contributed by atoms with E-state index in [0.717, 1.165) is 19.6 Å². The molecule has 1 N–H and O–H groups in total. The van der Waals surface area contributed by atoms with Gasteiger partial charge in [0.1, 0.15) is 0 Å². The minimum absolute atomic E-state index is 0.245. The monoisotopic (exact) mass is 267 g/mol. The highest BCUT2D eigenvalue weighted by atomic mass is 16.2. The Morgan fingerprint density at radius 1 is 1.26 bits per heavy atom. The zero-order chi connectivity index (χ0) is 13.9. The Morgan fingerprint density at radius 2 is 2.00 bits per heavy atom. The van der Waals surface area contributed by atoms with Crippen molar-refractivity contribution in [1.29, 1.82) is 0 Å². The molecule has 0 aromatic rings. The molecule has 2 aliphatic rings. The third-order valence-corrected chi connectivity index (χ3v) is 5.05. The third-order valence-electron chi connectivity index (χ3n) is 5.05. The average molecular weight is 267 g/mol. The van der Waals surface area contributed by atoms with Crippen LogP contribution in [-0.2, 0) is 4.79 Å². The van der Waals surface area contributed by atoms with Crippen molar-refractivity contribution in [2.75, 3.05) is 40.8 Å². The molecule has 1 unspecified atom stereocenters. The number of nitrogens with one attached hydrogen (secondary N) is 1. The van der Waals surface area contributed by atoms with Gasteiger partial charge >= 0.3 is 0 Å². The van der Waals surface area contributed by atoms with E-state index in [9.17, 15) is 4.79 Å². The van der Waals surface area contributed by atoms with Crippen LogP contribution in [0.15, 0.2) is 0 Å². The molecule has 1 atom stereocenters. The number of rotatable bonds is 5. The SMILES string of the molecule is CN(CC1(N(C)C)CCC1)C(=O)CC1CCCNC1. The lowest BCUT2D eigenvalue weighted by Gasteiger charge is -2.49. The summed E-state index contributed by atoms with van der Waals surface area (Å²) in [6.07, 6.45) is 6.87. The van der Waals surface area contributed by atoms with Gasteiger partial charge in [-0.2, -0.15) is 0 Å². The van der Waals surface area contributed by atoms with Crippen LogP contribution < -0.4 is 5.32 Å². The average Bonchev–Trinajstić information content (AvgIpc) is 2.34. The maximum atomic E-state index is 12.3. The Morgan fingerprint density at radius 3 is 2.47 bits per heavy atom. The van der Waals surface area contributed by atoms with Crippen LogP contribution in [0.3, 0.4) is 0 Å². The van der Waals surface area contributed by atoms with Crippen LogP contribution in [-0.4, -0.2) is 62.0 Å². The highest BCUT2D eigenvalue weighted by Gasteiger charge is 2.40. The quantitative estimate of drug-likeness (QED) is 0.816. The van der Waals surface area contributed by atoms with Crippen molar-refractivity contribution in [1.82, 2.24) is 15.1 Å². The highest BCUT2D eigenvalue weighted by Crippen LogP contribution is 2.36. The molecular formula is C15H29N3O. The minimum Gasteiger partial charge on any atom is -0.344 e. The number of hydrogen-bond acceptors (Lipinski definition) is 3. The van der Waals surface area contributed by atoms with Crippen molar-refractivity contribution in [3.63, 3.8) is 0 Å². The molecular weight excluding hydrogens is 238 g/mol. The standard InChI is InChI=1S/C15H29N3O/c1-17(2)15(7-5-8-15)12-18(3)14(19)10-13-6-4-9-16-11-13/h13,16H,4-12H2,1-3H3. The molecule has 0 aromatic heterocycles. The Bertz CT molecular complexity index is 307. The van der Waals surface area contributed by atoms with E-state index >= 15 is 0 Å². The molecule has 0 aromatic carbocycles. The highest BCUT2D eigenvalue weighted by molar-refractivity contribution is 5.76. The molecule has 0 radical (unpaired) electrons. The second-order valence-corrected chi connectivity index (χ2v) is 6.64. The molecule has 1 saturated heterocycles. The van der Waals surface area contributed by atoms with Gasteiger partial charge in [-0.1, -0.05) is 0 Å². The number of likely N-dealkylation sites (N-methyl/N-ethyl adjacent to an activating group) is 2. The Balaban J connectivity index is 1.81. The second kappa shape index (κ2) is 6.23. The minimum atomic E-state index is 0.245.